The maximum Gasteiger partial charge on any atom is 0.332 e. The predicted molar refractivity (Wildman–Crippen MR) is 123 cm³/mol. The van der Waals surface area contributed by atoms with E-state index in [4.69, 9.17) is 10.5 Å². The molecule has 0 spiro atoms. The zero-order chi connectivity index (χ0) is 23.0. The number of amides is 1. The Balaban J connectivity index is 1.90. The van der Waals surface area contributed by atoms with Crippen LogP contribution in [0.25, 0.3) is 28.2 Å². The Hall–Kier alpha value is -3.94. The Morgan fingerprint density at radius 1 is 1.06 bits per heavy atom. The van der Waals surface area contributed by atoms with Gasteiger partial charge in [-0.05, 0) is 54.3 Å². The average Bonchev–Trinajstić information content (AvgIpc) is 3.08. The molecule has 0 bridgehead atoms. The van der Waals surface area contributed by atoms with E-state index < -0.39 is 11.6 Å². The number of primary amides is 1. The highest BCUT2D eigenvalue weighted by atomic mass is 16.5. The van der Waals surface area contributed by atoms with Gasteiger partial charge in [0.25, 0.3) is 5.91 Å². The molecule has 8 heteroatoms. The number of ether oxygens (including phenoxy) is 1. The first-order valence-electron chi connectivity index (χ1n) is 10.4. The van der Waals surface area contributed by atoms with Crippen molar-refractivity contribution in [1.29, 1.82) is 0 Å². The number of aromatic amines is 1. The summed E-state index contributed by atoms with van der Waals surface area (Å²) in [5, 5.41) is 0. The zero-order valence-electron chi connectivity index (χ0n) is 18.5. The van der Waals surface area contributed by atoms with E-state index >= 15 is 0 Å². The lowest BCUT2D eigenvalue weighted by atomic mass is 9.87. The third kappa shape index (κ3) is 3.87. The molecule has 4 aromatic rings. The second-order valence-corrected chi connectivity index (χ2v) is 8.48. The molecule has 0 atom stereocenters. The maximum absolute atomic E-state index is 12.8. The van der Waals surface area contributed by atoms with Crippen LogP contribution in [0.2, 0.25) is 0 Å². The molecule has 0 aliphatic carbocycles. The third-order valence-electron chi connectivity index (χ3n) is 5.19. The predicted octanol–water partition coefficient (Wildman–Crippen LogP) is 3.57. The highest BCUT2D eigenvalue weighted by Gasteiger charge is 2.21. The van der Waals surface area contributed by atoms with Gasteiger partial charge >= 0.3 is 5.69 Å². The van der Waals surface area contributed by atoms with Crippen molar-refractivity contribution in [2.24, 2.45) is 5.73 Å². The van der Waals surface area contributed by atoms with Crippen LogP contribution in [-0.2, 0) is 5.41 Å². The number of nitrogens with one attached hydrogen (secondary N) is 1. The minimum Gasteiger partial charge on any atom is -0.494 e. The maximum atomic E-state index is 12.8. The second kappa shape index (κ2) is 7.96. The quantitative estimate of drug-likeness (QED) is 0.501. The molecule has 2 heterocycles. The van der Waals surface area contributed by atoms with E-state index in [1.54, 1.807) is 24.3 Å². The number of nitrogens with zero attached hydrogens (tertiary/aromatic N) is 3. The Bertz CT molecular complexity index is 1340. The fourth-order valence-electron chi connectivity index (χ4n) is 3.51. The molecule has 0 saturated heterocycles. The monoisotopic (exact) mass is 431 g/mol. The van der Waals surface area contributed by atoms with E-state index in [0.717, 1.165) is 5.56 Å². The van der Waals surface area contributed by atoms with Gasteiger partial charge in [-0.2, -0.15) is 0 Å². The van der Waals surface area contributed by atoms with Crippen LogP contribution in [0.3, 0.4) is 0 Å². The summed E-state index contributed by atoms with van der Waals surface area (Å²) in [6.45, 7) is 8.82. The topological polar surface area (TPSA) is 116 Å². The van der Waals surface area contributed by atoms with Gasteiger partial charge in [-0.1, -0.05) is 32.9 Å². The summed E-state index contributed by atoms with van der Waals surface area (Å²) in [6, 6.07) is 14.9. The van der Waals surface area contributed by atoms with Crippen molar-refractivity contribution in [1.82, 2.24) is 19.5 Å². The first-order valence-corrected chi connectivity index (χ1v) is 10.4. The SMILES string of the molecule is CCOc1ccc(-c2nc(C(N)=O)c3[nH]c(=O)n(-c4ccc(C(C)(C)C)cc4)c3n2)cc1. The van der Waals surface area contributed by atoms with Gasteiger partial charge in [-0.25, -0.2) is 19.3 Å². The normalized spacial score (nSPS) is 11.6. The minimum atomic E-state index is -0.749. The van der Waals surface area contributed by atoms with Crippen molar-refractivity contribution >= 4 is 17.1 Å². The van der Waals surface area contributed by atoms with Gasteiger partial charge in [-0.3, -0.25) is 4.79 Å². The molecule has 2 aromatic carbocycles. The summed E-state index contributed by atoms with van der Waals surface area (Å²) in [5.41, 5.74) is 8.00. The lowest BCUT2D eigenvalue weighted by Crippen LogP contribution is -2.16. The number of carbonyl (C=O) groups excluding carboxylic acids is 1. The zero-order valence-corrected chi connectivity index (χ0v) is 18.5. The smallest absolute Gasteiger partial charge is 0.332 e. The molecule has 3 N–H and O–H groups in total. The van der Waals surface area contributed by atoms with Crippen LogP contribution in [0, 0.1) is 0 Å². The fraction of sp³-hybridized carbons (Fsp3) is 0.250. The summed E-state index contributed by atoms with van der Waals surface area (Å²) < 4.78 is 6.90. The molecule has 0 radical (unpaired) electrons. The van der Waals surface area contributed by atoms with E-state index in [0.29, 0.717) is 23.6 Å². The van der Waals surface area contributed by atoms with Gasteiger partial charge in [0, 0.05) is 5.56 Å². The van der Waals surface area contributed by atoms with Crippen LogP contribution < -0.4 is 16.2 Å². The first kappa shape index (κ1) is 21.3. The van der Waals surface area contributed by atoms with Crippen molar-refractivity contribution in [2.75, 3.05) is 6.61 Å². The van der Waals surface area contributed by atoms with Crippen LogP contribution in [0.15, 0.2) is 53.3 Å². The van der Waals surface area contributed by atoms with Crippen molar-refractivity contribution in [3.05, 3.63) is 70.3 Å². The van der Waals surface area contributed by atoms with Crippen molar-refractivity contribution in [2.45, 2.75) is 33.1 Å². The Morgan fingerprint density at radius 2 is 1.72 bits per heavy atom. The van der Waals surface area contributed by atoms with E-state index in [9.17, 15) is 9.59 Å². The summed E-state index contributed by atoms with van der Waals surface area (Å²) >= 11 is 0. The highest BCUT2D eigenvalue weighted by Crippen LogP contribution is 2.26. The fourth-order valence-corrected chi connectivity index (χ4v) is 3.51. The van der Waals surface area contributed by atoms with E-state index in [1.807, 2.05) is 31.2 Å². The van der Waals surface area contributed by atoms with Gasteiger partial charge in [0.1, 0.15) is 11.3 Å². The van der Waals surface area contributed by atoms with Gasteiger partial charge in [0.05, 0.1) is 12.3 Å². The number of aromatic nitrogens is 4. The number of imidazole rings is 1. The van der Waals surface area contributed by atoms with Crippen molar-refractivity contribution in [3.8, 4) is 22.8 Å². The molecule has 2 aromatic heterocycles. The summed E-state index contributed by atoms with van der Waals surface area (Å²) in [5.74, 6) is 0.249. The molecule has 32 heavy (non-hydrogen) atoms. The van der Waals surface area contributed by atoms with Crippen LogP contribution in [0.1, 0.15) is 43.7 Å². The number of hydrogen-bond donors (Lipinski definition) is 2. The van der Waals surface area contributed by atoms with E-state index in [2.05, 4.69) is 35.7 Å². The number of nitrogens with two attached hydrogens (primary N) is 1. The number of H-pyrrole nitrogens is 1. The Labute approximate surface area is 185 Å². The van der Waals surface area contributed by atoms with Gasteiger partial charge in [0.2, 0.25) is 0 Å². The lowest BCUT2D eigenvalue weighted by molar-refractivity contribution is 0.0997. The van der Waals surface area contributed by atoms with Gasteiger partial charge in [-0.15, -0.1) is 0 Å². The molecule has 8 nitrogen and oxygen atoms in total. The number of hydrogen-bond acceptors (Lipinski definition) is 5. The third-order valence-corrected chi connectivity index (χ3v) is 5.19. The van der Waals surface area contributed by atoms with Crippen LogP contribution in [0.4, 0.5) is 0 Å². The largest absolute Gasteiger partial charge is 0.494 e. The molecule has 0 aliphatic rings. The summed E-state index contributed by atoms with van der Waals surface area (Å²) in [7, 11) is 0. The Kier molecular flexibility index (Phi) is 5.30. The molecular weight excluding hydrogens is 406 g/mol. The Morgan fingerprint density at radius 3 is 2.28 bits per heavy atom. The van der Waals surface area contributed by atoms with Gasteiger partial charge < -0.3 is 15.5 Å². The molecule has 4 rings (SSSR count). The number of fused-ring (bicyclic) bond motifs is 1. The lowest BCUT2D eigenvalue weighted by Gasteiger charge is -2.19. The van der Waals surface area contributed by atoms with Crippen molar-refractivity contribution < 1.29 is 9.53 Å². The van der Waals surface area contributed by atoms with E-state index in [-0.39, 0.29) is 28.1 Å². The standard InChI is InChI=1S/C24H25N5O3/c1-5-32-17-12-6-14(7-13-17)21-26-18(20(25)30)19-22(28-21)29(23(31)27-19)16-10-8-15(9-11-16)24(2,3)4/h6-13H,5H2,1-4H3,(H2,25,30)(H,27,31). The molecule has 0 saturated carbocycles. The second-order valence-electron chi connectivity index (χ2n) is 8.48. The highest BCUT2D eigenvalue weighted by molar-refractivity contribution is 6.02. The van der Waals surface area contributed by atoms with Crippen LogP contribution in [-0.4, -0.2) is 32.0 Å². The molecule has 0 aliphatic heterocycles. The van der Waals surface area contributed by atoms with E-state index in [1.165, 1.54) is 4.57 Å². The molecular formula is C24H25N5O3. The number of benzene rings is 2. The molecule has 0 fully saturated rings. The van der Waals surface area contributed by atoms with Crippen LogP contribution in [0.5, 0.6) is 5.75 Å². The first-order chi connectivity index (χ1) is 15.2. The molecule has 1 amide bonds. The number of rotatable bonds is 5. The molecule has 0 unspecified atom stereocenters. The average molecular weight is 431 g/mol. The molecule has 164 valence electrons. The minimum absolute atomic E-state index is 0.0220. The van der Waals surface area contributed by atoms with Gasteiger partial charge in [0.15, 0.2) is 17.2 Å². The summed E-state index contributed by atoms with van der Waals surface area (Å²) in [6.07, 6.45) is 0. The number of carbonyl (C=O) groups is 1. The van der Waals surface area contributed by atoms with Crippen molar-refractivity contribution in [3.63, 3.8) is 0 Å². The van der Waals surface area contributed by atoms with Crippen LogP contribution >= 0.6 is 0 Å². The summed E-state index contributed by atoms with van der Waals surface area (Å²) in [4.78, 5) is 36.6.